The molecule has 0 bridgehead atoms. The van der Waals surface area contributed by atoms with Crippen LogP contribution in [-0.4, -0.2) is 22.1 Å². The molecule has 0 saturated heterocycles. The fraction of sp³-hybridized carbons (Fsp3) is 0.231. The first-order chi connectivity index (χ1) is 15.5. The van der Waals surface area contributed by atoms with Crippen LogP contribution in [0, 0.1) is 0 Å². The predicted molar refractivity (Wildman–Crippen MR) is 128 cm³/mol. The van der Waals surface area contributed by atoms with Crippen LogP contribution in [0.5, 0.6) is 5.75 Å². The van der Waals surface area contributed by atoms with Crippen molar-refractivity contribution in [2.45, 2.75) is 32.9 Å². The Morgan fingerprint density at radius 3 is 2.59 bits per heavy atom. The molecule has 1 heterocycles. The maximum Gasteiger partial charge on any atom is 0.251 e. The van der Waals surface area contributed by atoms with Crippen molar-refractivity contribution in [2.75, 3.05) is 6.61 Å². The summed E-state index contributed by atoms with van der Waals surface area (Å²) in [5.41, 5.74) is 3.71. The van der Waals surface area contributed by atoms with Gasteiger partial charge in [0.15, 0.2) is 0 Å². The van der Waals surface area contributed by atoms with E-state index in [0.29, 0.717) is 36.2 Å². The first-order valence-electron chi connectivity index (χ1n) is 10.7. The van der Waals surface area contributed by atoms with Gasteiger partial charge in [0, 0.05) is 10.6 Å². The lowest BCUT2D eigenvalue weighted by Crippen LogP contribution is -2.25. The van der Waals surface area contributed by atoms with Gasteiger partial charge in [0.05, 0.1) is 24.1 Å². The molecule has 164 valence electrons. The lowest BCUT2D eigenvalue weighted by Gasteiger charge is -2.12. The maximum atomic E-state index is 12.5. The summed E-state index contributed by atoms with van der Waals surface area (Å²) in [6.45, 7) is 5.77. The first kappa shape index (κ1) is 21.9. The number of aromatic nitrogens is 2. The highest BCUT2D eigenvalue weighted by Crippen LogP contribution is 2.20. The minimum absolute atomic E-state index is 0.187. The van der Waals surface area contributed by atoms with Gasteiger partial charge in [0.2, 0.25) is 0 Å². The lowest BCUT2D eigenvalue weighted by molar-refractivity contribution is 0.0949. The highest BCUT2D eigenvalue weighted by molar-refractivity contribution is 6.30. The molecular formula is C26H26ClN3O2. The van der Waals surface area contributed by atoms with Crippen molar-refractivity contribution in [3.05, 3.63) is 94.8 Å². The number of rotatable bonds is 8. The highest BCUT2D eigenvalue weighted by atomic mass is 35.5. The molecule has 5 nitrogen and oxygen atoms in total. The molecule has 0 aliphatic rings. The Hall–Kier alpha value is -3.31. The van der Waals surface area contributed by atoms with Crippen molar-refractivity contribution < 1.29 is 9.53 Å². The van der Waals surface area contributed by atoms with Gasteiger partial charge in [-0.1, -0.05) is 55.8 Å². The number of imidazole rings is 1. The standard InChI is InChI=1S/C26H26ClN3O2/c1-18(2)19-10-12-22(13-11-19)32-15-14-30-24-9-4-3-8-23(24)29-25(30)17-28-26(31)20-6-5-7-21(27)16-20/h3-13,16,18H,14-15,17H2,1-2H3,(H,28,31). The van der Waals surface area contributed by atoms with E-state index in [4.69, 9.17) is 21.3 Å². The molecule has 0 spiro atoms. The van der Waals surface area contributed by atoms with E-state index in [1.165, 1.54) is 5.56 Å². The number of amides is 1. The second kappa shape index (κ2) is 9.88. The summed E-state index contributed by atoms with van der Waals surface area (Å²) < 4.78 is 8.07. The molecule has 0 aliphatic carbocycles. The third kappa shape index (κ3) is 5.11. The summed E-state index contributed by atoms with van der Waals surface area (Å²) in [6, 6.07) is 23.1. The summed E-state index contributed by atoms with van der Waals surface area (Å²) in [4.78, 5) is 17.3. The first-order valence-corrected chi connectivity index (χ1v) is 11.1. The molecule has 0 saturated carbocycles. The normalized spacial score (nSPS) is 11.1. The SMILES string of the molecule is CC(C)c1ccc(OCCn2c(CNC(=O)c3cccc(Cl)c3)nc3ccccc32)cc1. The van der Waals surface area contributed by atoms with E-state index in [2.05, 4.69) is 35.9 Å². The Morgan fingerprint density at radius 1 is 1.06 bits per heavy atom. The number of fused-ring (bicyclic) bond motifs is 1. The summed E-state index contributed by atoms with van der Waals surface area (Å²) in [6.07, 6.45) is 0. The quantitative estimate of drug-likeness (QED) is 0.370. The lowest BCUT2D eigenvalue weighted by atomic mass is 10.0. The zero-order chi connectivity index (χ0) is 22.5. The second-order valence-electron chi connectivity index (χ2n) is 7.93. The Kier molecular flexibility index (Phi) is 6.76. The van der Waals surface area contributed by atoms with Crippen molar-refractivity contribution in [3.63, 3.8) is 0 Å². The smallest absolute Gasteiger partial charge is 0.251 e. The summed E-state index contributed by atoms with van der Waals surface area (Å²) in [5, 5.41) is 3.48. The van der Waals surface area contributed by atoms with Crippen LogP contribution in [0.3, 0.4) is 0 Å². The molecule has 0 aliphatic heterocycles. The van der Waals surface area contributed by atoms with Crippen LogP contribution in [0.1, 0.15) is 41.5 Å². The average molecular weight is 448 g/mol. The van der Waals surface area contributed by atoms with Gasteiger partial charge < -0.3 is 14.6 Å². The molecule has 0 unspecified atom stereocenters. The largest absolute Gasteiger partial charge is 0.492 e. The fourth-order valence-electron chi connectivity index (χ4n) is 3.60. The van der Waals surface area contributed by atoms with Crippen LogP contribution in [0.25, 0.3) is 11.0 Å². The van der Waals surface area contributed by atoms with Gasteiger partial charge in [-0.3, -0.25) is 4.79 Å². The van der Waals surface area contributed by atoms with Crippen molar-refractivity contribution in [1.82, 2.24) is 14.9 Å². The number of ether oxygens (including phenoxy) is 1. The number of halogens is 1. The molecule has 1 amide bonds. The number of nitrogens with one attached hydrogen (secondary N) is 1. The van der Waals surface area contributed by atoms with Crippen molar-refractivity contribution in [3.8, 4) is 5.75 Å². The van der Waals surface area contributed by atoms with Crippen LogP contribution in [0.2, 0.25) is 5.02 Å². The fourth-order valence-corrected chi connectivity index (χ4v) is 3.79. The Balaban J connectivity index is 1.45. The van der Waals surface area contributed by atoms with Gasteiger partial charge in [-0.25, -0.2) is 4.98 Å². The number of carbonyl (C=O) groups is 1. The number of para-hydroxylation sites is 2. The van der Waals surface area contributed by atoms with Crippen LogP contribution in [0.15, 0.2) is 72.8 Å². The number of nitrogens with zero attached hydrogens (tertiary/aromatic N) is 2. The van der Waals surface area contributed by atoms with Crippen molar-refractivity contribution in [1.29, 1.82) is 0 Å². The van der Waals surface area contributed by atoms with E-state index in [1.54, 1.807) is 24.3 Å². The van der Waals surface area contributed by atoms with E-state index >= 15 is 0 Å². The molecule has 0 fully saturated rings. The minimum Gasteiger partial charge on any atom is -0.492 e. The van der Waals surface area contributed by atoms with Crippen LogP contribution in [-0.2, 0) is 13.1 Å². The zero-order valence-corrected chi connectivity index (χ0v) is 19.0. The number of hydrogen-bond donors (Lipinski definition) is 1. The highest BCUT2D eigenvalue weighted by Gasteiger charge is 2.13. The Labute approximate surface area is 193 Å². The van der Waals surface area contributed by atoms with Gasteiger partial charge in [-0.15, -0.1) is 0 Å². The van der Waals surface area contributed by atoms with Crippen LogP contribution < -0.4 is 10.1 Å². The molecule has 0 atom stereocenters. The van der Waals surface area contributed by atoms with E-state index in [9.17, 15) is 4.79 Å². The monoisotopic (exact) mass is 447 g/mol. The molecule has 6 heteroatoms. The third-order valence-electron chi connectivity index (χ3n) is 5.36. The van der Waals surface area contributed by atoms with Gasteiger partial charge in [0.1, 0.15) is 18.2 Å². The summed E-state index contributed by atoms with van der Waals surface area (Å²) in [7, 11) is 0. The molecule has 4 aromatic rings. The molecular weight excluding hydrogens is 422 g/mol. The molecule has 0 radical (unpaired) electrons. The number of benzene rings is 3. The van der Waals surface area contributed by atoms with E-state index in [0.717, 1.165) is 22.6 Å². The van der Waals surface area contributed by atoms with Crippen LogP contribution >= 0.6 is 11.6 Å². The van der Waals surface area contributed by atoms with Crippen molar-refractivity contribution >= 4 is 28.5 Å². The zero-order valence-electron chi connectivity index (χ0n) is 18.2. The van der Waals surface area contributed by atoms with Gasteiger partial charge in [-0.2, -0.15) is 0 Å². The third-order valence-corrected chi connectivity index (χ3v) is 5.59. The molecule has 3 aromatic carbocycles. The molecule has 1 N–H and O–H groups in total. The van der Waals surface area contributed by atoms with Gasteiger partial charge >= 0.3 is 0 Å². The summed E-state index contributed by atoms with van der Waals surface area (Å²) in [5.74, 6) is 1.92. The van der Waals surface area contributed by atoms with E-state index in [-0.39, 0.29) is 5.91 Å². The second-order valence-corrected chi connectivity index (χ2v) is 8.37. The minimum atomic E-state index is -0.187. The maximum absolute atomic E-state index is 12.5. The van der Waals surface area contributed by atoms with Crippen molar-refractivity contribution in [2.24, 2.45) is 0 Å². The number of hydrogen-bond acceptors (Lipinski definition) is 3. The molecule has 4 rings (SSSR count). The Morgan fingerprint density at radius 2 is 1.84 bits per heavy atom. The topological polar surface area (TPSA) is 56.1 Å². The predicted octanol–water partition coefficient (Wildman–Crippen LogP) is 5.82. The Bertz CT molecular complexity index is 1220. The average Bonchev–Trinajstić information content (AvgIpc) is 3.15. The molecule has 32 heavy (non-hydrogen) atoms. The van der Waals surface area contributed by atoms with Gasteiger partial charge in [-0.05, 0) is 53.9 Å². The van der Waals surface area contributed by atoms with Gasteiger partial charge in [0.25, 0.3) is 5.91 Å². The van der Waals surface area contributed by atoms with E-state index < -0.39 is 0 Å². The van der Waals surface area contributed by atoms with E-state index in [1.807, 2.05) is 36.4 Å². The molecule has 1 aromatic heterocycles. The van der Waals surface area contributed by atoms with Crippen LogP contribution in [0.4, 0.5) is 0 Å². The number of carbonyl (C=O) groups excluding carboxylic acids is 1. The summed E-state index contributed by atoms with van der Waals surface area (Å²) >= 11 is 6.01.